The lowest BCUT2D eigenvalue weighted by Crippen LogP contribution is -2.37. The highest BCUT2D eigenvalue weighted by Crippen LogP contribution is 2.25. The van der Waals surface area contributed by atoms with Gasteiger partial charge in [-0.2, -0.15) is 0 Å². The molecular weight excluding hydrogens is 202 g/mol. The van der Waals surface area contributed by atoms with Crippen molar-refractivity contribution in [1.29, 1.82) is 0 Å². The third-order valence-corrected chi connectivity index (χ3v) is 2.94. The Morgan fingerprint density at radius 1 is 1.25 bits per heavy atom. The number of nitrogens with two attached hydrogens (primary N) is 2. The zero-order valence-electron chi connectivity index (χ0n) is 9.43. The van der Waals surface area contributed by atoms with Gasteiger partial charge in [0, 0.05) is 31.4 Å². The van der Waals surface area contributed by atoms with Crippen LogP contribution in [0.15, 0.2) is 24.3 Å². The maximum Gasteiger partial charge on any atom is 0.0642 e. The van der Waals surface area contributed by atoms with Crippen LogP contribution in [0.1, 0.15) is 11.6 Å². The van der Waals surface area contributed by atoms with Gasteiger partial charge in [-0.1, -0.05) is 18.2 Å². The highest BCUT2D eigenvalue weighted by Gasteiger charge is 2.16. The Balaban J connectivity index is 2.24. The van der Waals surface area contributed by atoms with Crippen LogP contribution in [0.4, 0.5) is 5.69 Å². The first-order valence-electron chi connectivity index (χ1n) is 5.70. The molecule has 1 atom stereocenters. The van der Waals surface area contributed by atoms with Gasteiger partial charge in [-0.05, 0) is 11.6 Å². The highest BCUT2D eigenvalue weighted by atomic mass is 16.5. The molecule has 0 amide bonds. The fourth-order valence-electron chi connectivity index (χ4n) is 2.02. The van der Waals surface area contributed by atoms with Crippen molar-refractivity contribution >= 4 is 5.69 Å². The molecule has 0 saturated carbocycles. The van der Waals surface area contributed by atoms with E-state index in [0.29, 0.717) is 6.54 Å². The number of nitrogens with zero attached hydrogens (tertiary/aromatic N) is 1. The molecule has 0 spiro atoms. The molecule has 4 heteroatoms. The Labute approximate surface area is 96.2 Å². The molecule has 2 rings (SSSR count). The number of hydrogen-bond donors (Lipinski definition) is 2. The average molecular weight is 221 g/mol. The molecule has 16 heavy (non-hydrogen) atoms. The molecule has 1 aromatic rings. The van der Waals surface area contributed by atoms with Crippen LogP contribution in [0.2, 0.25) is 0 Å². The van der Waals surface area contributed by atoms with Gasteiger partial charge in [0.25, 0.3) is 0 Å². The first kappa shape index (κ1) is 11.4. The van der Waals surface area contributed by atoms with Gasteiger partial charge >= 0.3 is 0 Å². The zero-order valence-corrected chi connectivity index (χ0v) is 9.43. The number of benzene rings is 1. The second kappa shape index (κ2) is 5.30. The van der Waals surface area contributed by atoms with Crippen molar-refractivity contribution in [3.63, 3.8) is 0 Å². The van der Waals surface area contributed by atoms with Crippen LogP contribution in [-0.2, 0) is 4.74 Å². The SMILES string of the molecule is NC[C@H](N)c1ccccc1N1CCOCC1. The number of para-hydroxylation sites is 1. The Morgan fingerprint density at radius 3 is 2.62 bits per heavy atom. The largest absolute Gasteiger partial charge is 0.378 e. The quantitative estimate of drug-likeness (QED) is 0.779. The Hall–Kier alpha value is -1.10. The summed E-state index contributed by atoms with van der Waals surface area (Å²) in [6, 6.07) is 8.13. The maximum absolute atomic E-state index is 6.02. The van der Waals surface area contributed by atoms with Crippen molar-refractivity contribution in [3.8, 4) is 0 Å². The second-order valence-electron chi connectivity index (χ2n) is 4.00. The standard InChI is InChI=1S/C12H19N3O/c13-9-11(14)10-3-1-2-4-12(10)15-5-7-16-8-6-15/h1-4,11H,5-9,13-14H2/t11-/m0/s1. The van der Waals surface area contributed by atoms with E-state index in [0.717, 1.165) is 31.9 Å². The summed E-state index contributed by atoms with van der Waals surface area (Å²) in [4.78, 5) is 2.31. The molecule has 1 heterocycles. The van der Waals surface area contributed by atoms with E-state index in [2.05, 4.69) is 17.0 Å². The van der Waals surface area contributed by atoms with Crippen LogP contribution in [0.25, 0.3) is 0 Å². The predicted molar refractivity (Wildman–Crippen MR) is 65.5 cm³/mol. The van der Waals surface area contributed by atoms with E-state index in [4.69, 9.17) is 16.2 Å². The van der Waals surface area contributed by atoms with Crippen LogP contribution in [-0.4, -0.2) is 32.8 Å². The molecule has 4 N–H and O–H groups in total. The first-order valence-corrected chi connectivity index (χ1v) is 5.70. The normalized spacial score (nSPS) is 18.5. The minimum absolute atomic E-state index is 0.0842. The van der Waals surface area contributed by atoms with Gasteiger partial charge in [-0.25, -0.2) is 0 Å². The van der Waals surface area contributed by atoms with Crippen LogP contribution in [0, 0.1) is 0 Å². The van der Waals surface area contributed by atoms with E-state index >= 15 is 0 Å². The van der Waals surface area contributed by atoms with Gasteiger partial charge in [0.1, 0.15) is 0 Å². The molecule has 0 bridgehead atoms. The highest BCUT2D eigenvalue weighted by molar-refractivity contribution is 5.55. The average Bonchev–Trinajstić information content (AvgIpc) is 2.39. The second-order valence-corrected chi connectivity index (χ2v) is 4.00. The van der Waals surface area contributed by atoms with Gasteiger partial charge in [0.05, 0.1) is 13.2 Å². The molecule has 1 aliphatic heterocycles. The molecular formula is C12H19N3O. The molecule has 88 valence electrons. The molecule has 1 aliphatic rings. The van der Waals surface area contributed by atoms with Gasteiger partial charge in [-0.15, -0.1) is 0 Å². The molecule has 0 radical (unpaired) electrons. The minimum Gasteiger partial charge on any atom is -0.378 e. The lowest BCUT2D eigenvalue weighted by atomic mass is 10.0. The Bertz CT molecular complexity index is 337. The maximum atomic E-state index is 6.02. The fourth-order valence-corrected chi connectivity index (χ4v) is 2.02. The van der Waals surface area contributed by atoms with Gasteiger partial charge < -0.3 is 21.1 Å². The van der Waals surface area contributed by atoms with Crippen LogP contribution in [0.3, 0.4) is 0 Å². The Morgan fingerprint density at radius 2 is 1.94 bits per heavy atom. The summed E-state index contributed by atoms with van der Waals surface area (Å²) in [6.45, 7) is 3.89. The summed E-state index contributed by atoms with van der Waals surface area (Å²) in [5, 5.41) is 0. The van der Waals surface area contributed by atoms with Gasteiger partial charge in [-0.3, -0.25) is 0 Å². The third-order valence-electron chi connectivity index (χ3n) is 2.94. The summed E-state index contributed by atoms with van der Waals surface area (Å²) in [5.41, 5.74) is 14.0. The summed E-state index contributed by atoms with van der Waals surface area (Å²) in [5.74, 6) is 0. The van der Waals surface area contributed by atoms with Gasteiger partial charge in [0.15, 0.2) is 0 Å². The van der Waals surface area contributed by atoms with E-state index in [-0.39, 0.29) is 6.04 Å². The van der Waals surface area contributed by atoms with E-state index in [1.807, 2.05) is 12.1 Å². The van der Waals surface area contributed by atoms with E-state index in [1.165, 1.54) is 5.69 Å². The smallest absolute Gasteiger partial charge is 0.0642 e. The summed E-state index contributed by atoms with van der Waals surface area (Å²) >= 11 is 0. The number of anilines is 1. The lowest BCUT2D eigenvalue weighted by Gasteiger charge is -2.31. The fraction of sp³-hybridized carbons (Fsp3) is 0.500. The Kier molecular flexibility index (Phi) is 3.77. The molecule has 0 aliphatic carbocycles. The molecule has 0 aromatic heterocycles. The van der Waals surface area contributed by atoms with E-state index in [1.54, 1.807) is 0 Å². The molecule has 4 nitrogen and oxygen atoms in total. The number of morpholine rings is 1. The number of hydrogen-bond acceptors (Lipinski definition) is 4. The van der Waals surface area contributed by atoms with Crippen molar-refractivity contribution in [1.82, 2.24) is 0 Å². The molecule has 1 saturated heterocycles. The van der Waals surface area contributed by atoms with E-state index in [9.17, 15) is 0 Å². The monoisotopic (exact) mass is 221 g/mol. The van der Waals surface area contributed by atoms with Crippen molar-refractivity contribution in [3.05, 3.63) is 29.8 Å². The van der Waals surface area contributed by atoms with Gasteiger partial charge in [0.2, 0.25) is 0 Å². The minimum atomic E-state index is -0.0842. The molecule has 0 unspecified atom stereocenters. The third kappa shape index (κ3) is 2.35. The van der Waals surface area contributed by atoms with Crippen LogP contribution >= 0.6 is 0 Å². The van der Waals surface area contributed by atoms with E-state index < -0.39 is 0 Å². The van der Waals surface area contributed by atoms with Crippen molar-refractivity contribution in [2.24, 2.45) is 11.5 Å². The number of ether oxygens (including phenoxy) is 1. The summed E-state index contributed by atoms with van der Waals surface area (Å²) in [6.07, 6.45) is 0. The molecule has 1 aromatic carbocycles. The number of rotatable bonds is 3. The summed E-state index contributed by atoms with van der Waals surface area (Å²) in [7, 11) is 0. The zero-order chi connectivity index (χ0) is 11.4. The molecule has 1 fully saturated rings. The van der Waals surface area contributed by atoms with Crippen LogP contribution < -0.4 is 16.4 Å². The predicted octanol–water partition coefficient (Wildman–Crippen LogP) is 0.482. The topological polar surface area (TPSA) is 64.5 Å². The van der Waals surface area contributed by atoms with Crippen LogP contribution in [0.5, 0.6) is 0 Å². The summed E-state index contributed by atoms with van der Waals surface area (Å²) < 4.78 is 5.35. The lowest BCUT2D eigenvalue weighted by molar-refractivity contribution is 0.122. The van der Waals surface area contributed by atoms with Crippen molar-refractivity contribution in [2.75, 3.05) is 37.7 Å². The van der Waals surface area contributed by atoms with Crippen molar-refractivity contribution in [2.45, 2.75) is 6.04 Å². The van der Waals surface area contributed by atoms with Crippen molar-refractivity contribution < 1.29 is 4.74 Å². The first-order chi connectivity index (χ1) is 7.83.